The summed E-state index contributed by atoms with van der Waals surface area (Å²) in [6.07, 6.45) is 0. The molecular formula is C27H27N3O5. The van der Waals surface area contributed by atoms with Gasteiger partial charge in [0.2, 0.25) is 0 Å². The minimum atomic E-state index is -0.374. The third-order valence-electron chi connectivity index (χ3n) is 5.55. The van der Waals surface area contributed by atoms with E-state index in [1.165, 1.54) is 0 Å². The highest BCUT2D eigenvalue weighted by Crippen LogP contribution is 2.20. The molecule has 0 unspecified atom stereocenters. The number of para-hydroxylation sites is 1. The summed E-state index contributed by atoms with van der Waals surface area (Å²) in [5, 5.41) is 5.69. The zero-order valence-corrected chi connectivity index (χ0v) is 19.2. The Balaban J connectivity index is 1.33. The lowest BCUT2D eigenvalue weighted by Crippen LogP contribution is -2.43. The molecule has 1 aliphatic heterocycles. The highest BCUT2D eigenvalue weighted by atomic mass is 16.5. The Kier molecular flexibility index (Phi) is 8.08. The summed E-state index contributed by atoms with van der Waals surface area (Å²) in [5.74, 6) is -0.399. The van der Waals surface area contributed by atoms with Crippen molar-refractivity contribution in [3.8, 4) is 5.75 Å². The number of amides is 3. The minimum absolute atomic E-state index is 0.148. The molecule has 4 rings (SSSR count). The Bertz CT molecular complexity index is 1160. The van der Waals surface area contributed by atoms with Crippen molar-refractivity contribution in [1.82, 2.24) is 10.2 Å². The van der Waals surface area contributed by atoms with Crippen molar-refractivity contribution in [2.45, 2.75) is 6.54 Å². The molecule has 3 amide bonds. The molecule has 0 radical (unpaired) electrons. The van der Waals surface area contributed by atoms with Crippen LogP contribution in [0.3, 0.4) is 0 Å². The van der Waals surface area contributed by atoms with Crippen LogP contribution in [-0.4, -0.2) is 55.5 Å². The molecular weight excluding hydrogens is 446 g/mol. The van der Waals surface area contributed by atoms with Gasteiger partial charge in [-0.2, -0.15) is 0 Å². The van der Waals surface area contributed by atoms with Crippen LogP contribution in [0.2, 0.25) is 0 Å². The van der Waals surface area contributed by atoms with E-state index in [-0.39, 0.29) is 24.3 Å². The van der Waals surface area contributed by atoms with Gasteiger partial charge in [-0.1, -0.05) is 42.5 Å². The molecule has 0 aromatic heterocycles. The smallest absolute Gasteiger partial charge is 0.260 e. The number of carbonyl (C=O) groups excluding carboxylic acids is 3. The van der Waals surface area contributed by atoms with Crippen molar-refractivity contribution in [1.29, 1.82) is 0 Å². The van der Waals surface area contributed by atoms with Crippen LogP contribution in [0, 0.1) is 0 Å². The third-order valence-corrected chi connectivity index (χ3v) is 5.55. The number of carbonyl (C=O) groups is 3. The van der Waals surface area contributed by atoms with Gasteiger partial charge in [-0.25, -0.2) is 0 Å². The fraction of sp³-hybridized carbons (Fsp3) is 0.222. The molecule has 0 aliphatic carbocycles. The van der Waals surface area contributed by atoms with Crippen LogP contribution in [0.25, 0.3) is 0 Å². The van der Waals surface area contributed by atoms with Crippen LogP contribution < -0.4 is 15.4 Å². The zero-order valence-electron chi connectivity index (χ0n) is 19.2. The minimum Gasteiger partial charge on any atom is -0.483 e. The third kappa shape index (κ3) is 6.68. The molecule has 2 N–H and O–H groups in total. The van der Waals surface area contributed by atoms with Gasteiger partial charge in [0.05, 0.1) is 18.8 Å². The summed E-state index contributed by atoms with van der Waals surface area (Å²) >= 11 is 0. The number of benzene rings is 3. The summed E-state index contributed by atoms with van der Waals surface area (Å²) < 4.78 is 10.9. The summed E-state index contributed by atoms with van der Waals surface area (Å²) in [7, 11) is 0. The number of nitrogens with zero attached hydrogens (tertiary/aromatic N) is 1. The molecule has 0 atom stereocenters. The van der Waals surface area contributed by atoms with Crippen molar-refractivity contribution in [3.05, 3.63) is 95.6 Å². The Morgan fingerprint density at radius 2 is 1.51 bits per heavy atom. The van der Waals surface area contributed by atoms with Crippen molar-refractivity contribution in [3.63, 3.8) is 0 Å². The highest BCUT2D eigenvalue weighted by molar-refractivity contribution is 6.06. The molecule has 0 saturated carbocycles. The quantitative estimate of drug-likeness (QED) is 0.524. The van der Waals surface area contributed by atoms with Gasteiger partial charge in [-0.3, -0.25) is 14.4 Å². The number of ether oxygens (including phenoxy) is 2. The number of hydrogen-bond acceptors (Lipinski definition) is 5. The van der Waals surface area contributed by atoms with Gasteiger partial charge in [0.1, 0.15) is 5.75 Å². The second kappa shape index (κ2) is 11.8. The van der Waals surface area contributed by atoms with Crippen molar-refractivity contribution >= 4 is 23.4 Å². The molecule has 3 aromatic rings. The van der Waals surface area contributed by atoms with Crippen LogP contribution in [0.5, 0.6) is 5.75 Å². The number of anilines is 1. The van der Waals surface area contributed by atoms with Crippen molar-refractivity contribution in [2.75, 3.05) is 38.2 Å². The van der Waals surface area contributed by atoms with E-state index in [9.17, 15) is 14.4 Å². The summed E-state index contributed by atoms with van der Waals surface area (Å²) in [4.78, 5) is 39.3. The van der Waals surface area contributed by atoms with Crippen molar-refractivity contribution < 1.29 is 23.9 Å². The first-order chi connectivity index (χ1) is 17.1. The van der Waals surface area contributed by atoms with E-state index < -0.39 is 0 Å². The molecule has 3 aromatic carbocycles. The Morgan fingerprint density at radius 1 is 0.829 bits per heavy atom. The van der Waals surface area contributed by atoms with Gasteiger partial charge < -0.3 is 25.0 Å². The molecule has 1 heterocycles. The van der Waals surface area contributed by atoms with E-state index >= 15 is 0 Å². The maximum absolute atomic E-state index is 12.9. The van der Waals surface area contributed by atoms with Crippen molar-refractivity contribution in [2.24, 2.45) is 0 Å². The van der Waals surface area contributed by atoms with E-state index in [2.05, 4.69) is 10.6 Å². The number of nitrogens with one attached hydrogen (secondary N) is 2. The molecule has 8 nitrogen and oxygen atoms in total. The first-order valence-electron chi connectivity index (χ1n) is 11.4. The number of rotatable bonds is 8. The Hall–Kier alpha value is -4.17. The van der Waals surface area contributed by atoms with Gasteiger partial charge in [0, 0.05) is 30.9 Å². The zero-order chi connectivity index (χ0) is 24.5. The Morgan fingerprint density at radius 3 is 2.26 bits per heavy atom. The summed E-state index contributed by atoms with van der Waals surface area (Å²) in [6.45, 7) is 2.37. The molecule has 8 heteroatoms. The van der Waals surface area contributed by atoms with E-state index in [4.69, 9.17) is 9.47 Å². The second-order valence-corrected chi connectivity index (χ2v) is 7.98. The average Bonchev–Trinajstić information content (AvgIpc) is 2.92. The molecule has 0 bridgehead atoms. The molecule has 1 aliphatic rings. The highest BCUT2D eigenvalue weighted by Gasteiger charge is 2.19. The topological polar surface area (TPSA) is 97.0 Å². The average molecular weight is 474 g/mol. The van der Waals surface area contributed by atoms with Gasteiger partial charge >= 0.3 is 0 Å². The standard InChI is InChI=1S/C27H27N3O5/c31-25(30-14-16-34-17-15-30)19-35-24-9-5-4-8-23(24)27(33)29-22-12-10-21(11-13-22)26(32)28-18-20-6-2-1-3-7-20/h1-13H,14-19H2,(H,28,32)(H,29,33). The lowest BCUT2D eigenvalue weighted by atomic mass is 10.1. The SMILES string of the molecule is O=C(NCc1ccccc1)c1ccc(NC(=O)c2ccccc2OCC(=O)N2CCOCC2)cc1. The number of morpholine rings is 1. The monoisotopic (exact) mass is 473 g/mol. The van der Waals surface area contributed by atoms with Crippen LogP contribution >= 0.6 is 0 Å². The molecule has 180 valence electrons. The van der Waals surface area contributed by atoms with Gasteiger partial charge in [0.15, 0.2) is 6.61 Å². The van der Waals surface area contributed by atoms with E-state index in [1.54, 1.807) is 53.4 Å². The number of hydrogen-bond donors (Lipinski definition) is 2. The maximum atomic E-state index is 12.9. The fourth-order valence-electron chi connectivity index (χ4n) is 3.61. The van der Waals surface area contributed by atoms with Gasteiger partial charge in [0.25, 0.3) is 17.7 Å². The van der Waals surface area contributed by atoms with Crippen LogP contribution in [0.4, 0.5) is 5.69 Å². The van der Waals surface area contributed by atoms with Crippen LogP contribution in [0.1, 0.15) is 26.3 Å². The second-order valence-electron chi connectivity index (χ2n) is 7.98. The molecule has 1 saturated heterocycles. The summed E-state index contributed by atoms with van der Waals surface area (Å²) in [5.41, 5.74) is 2.35. The van der Waals surface area contributed by atoms with Gasteiger partial charge in [-0.05, 0) is 42.0 Å². The van der Waals surface area contributed by atoms with E-state index in [0.29, 0.717) is 55.4 Å². The lowest BCUT2D eigenvalue weighted by Gasteiger charge is -2.26. The summed E-state index contributed by atoms with van der Waals surface area (Å²) in [6, 6.07) is 23.1. The normalized spacial score (nSPS) is 13.1. The molecule has 35 heavy (non-hydrogen) atoms. The van der Waals surface area contributed by atoms with Gasteiger partial charge in [-0.15, -0.1) is 0 Å². The Labute approximate surface area is 203 Å². The van der Waals surface area contributed by atoms with E-state index in [1.807, 2.05) is 30.3 Å². The molecule has 1 fully saturated rings. The predicted octanol–water partition coefficient (Wildman–Crippen LogP) is 3.11. The largest absolute Gasteiger partial charge is 0.483 e. The fourth-order valence-corrected chi connectivity index (χ4v) is 3.61. The van der Waals surface area contributed by atoms with Crippen LogP contribution in [-0.2, 0) is 16.1 Å². The lowest BCUT2D eigenvalue weighted by molar-refractivity contribution is -0.137. The predicted molar refractivity (Wildman–Crippen MR) is 131 cm³/mol. The maximum Gasteiger partial charge on any atom is 0.260 e. The first kappa shape index (κ1) is 24.0. The van der Waals surface area contributed by atoms with E-state index in [0.717, 1.165) is 5.56 Å². The molecule has 0 spiro atoms. The first-order valence-corrected chi connectivity index (χ1v) is 11.4. The van der Waals surface area contributed by atoms with Crippen LogP contribution in [0.15, 0.2) is 78.9 Å².